The fraction of sp³-hybridized carbons (Fsp3) is 0. The van der Waals surface area contributed by atoms with Crippen molar-refractivity contribution < 1.29 is 8.83 Å². The van der Waals surface area contributed by atoms with Crippen LogP contribution in [0.4, 0.5) is 17.1 Å². The molecule has 3 heteroatoms. The van der Waals surface area contributed by atoms with E-state index in [-0.39, 0.29) is 0 Å². The van der Waals surface area contributed by atoms with Crippen LogP contribution in [0.5, 0.6) is 0 Å². The fourth-order valence-corrected chi connectivity index (χ4v) is 8.36. The van der Waals surface area contributed by atoms with E-state index in [0.29, 0.717) is 0 Å². The Labute approximate surface area is 330 Å². The van der Waals surface area contributed by atoms with Crippen molar-refractivity contribution in [2.75, 3.05) is 4.90 Å². The van der Waals surface area contributed by atoms with Crippen molar-refractivity contribution in [3.8, 4) is 44.5 Å². The molecule has 0 aliphatic heterocycles. The SMILES string of the molecule is c1ccc(-c2ccc(-c3c4oc5cccc(N(c6ccc(-c7ccccc7)cc6)c6ccc(-c7ccccc7)cc6)c5c4cc4oc5ccccc5c34)cc2)cc1. The van der Waals surface area contributed by atoms with E-state index in [2.05, 4.69) is 205 Å². The molecule has 0 unspecified atom stereocenters. The van der Waals surface area contributed by atoms with Crippen molar-refractivity contribution >= 4 is 60.9 Å². The molecule has 2 aromatic heterocycles. The van der Waals surface area contributed by atoms with Crippen molar-refractivity contribution in [3.63, 3.8) is 0 Å². The predicted octanol–water partition coefficient (Wildman–Crippen LogP) is 15.6. The van der Waals surface area contributed by atoms with E-state index in [4.69, 9.17) is 8.83 Å². The summed E-state index contributed by atoms with van der Waals surface area (Å²) in [5, 5.41) is 4.14. The molecule has 2 heterocycles. The van der Waals surface area contributed by atoms with E-state index < -0.39 is 0 Å². The van der Waals surface area contributed by atoms with E-state index in [9.17, 15) is 0 Å². The van der Waals surface area contributed by atoms with Gasteiger partial charge in [-0.05, 0) is 87.5 Å². The van der Waals surface area contributed by atoms with Crippen LogP contribution in [0.2, 0.25) is 0 Å². The predicted molar refractivity (Wildman–Crippen MR) is 237 cm³/mol. The van der Waals surface area contributed by atoms with Gasteiger partial charge in [-0.1, -0.05) is 164 Å². The Hall–Kier alpha value is -7.62. The van der Waals surface area contributed by atoms with Crippen LogP contribution in [-0.2, 0) is 0 Å². The highest BCUT2D eigenvalue weighted by molar-refractivity contribution is 6.25. The molecule has 0 aliphatic carbocycles. The molecule has 0 bridgehead atoms. The lowest BCUT2D eigenvalue weighted by Gasteiger charge is -2.26. The molecule has 3 nitrogen and oxygen atoms in total. The number of fused-ring (bicyclic) bond motifs is 6. The Kier molecular flexibility index (Phi) is 7.82. The van der Waals surface area contributed by atoms with Gasteiger partial charge in [0, 0.05) is 33.1 Å². The van der Waals surface area contributed by atoms with Gasteiger partial charge in [-0.25, -0.2) is 0 Å². The molecule has 0 radical (unpaired) electrons. The van der Waals surface area contributed by atoms with Crippen LogP contribution in [0.25, 0.3) is 88.4 Å². The van der Waals surface area contributed by atoms with Crippen LogP contribution in [0.1, 0.15) is 0 Å². The number of hydrogen-bond acceptors (Lipinski definition) is 3. The summed E-state index contributed by atoms with van der Waals surface area (Å²) in [4.78, 5) is 2.35. The van der Waals surface area contributed by atoms with Gasteiger partial charge in [-0.2, -0.15) is 0 Å². The second kappa shape index (κ2) is 13.6. The summed E-state index contributed by atoms with van der Waals surface area (Å²) in [7, 11) is 0. The first-order valence-corrected chi connectivity index (χ1v) is 19.3. The van der Waals surface area contributed by atoms with E-state index >= 15 is 0 Å². The average molecular weight is 730 g/mol. The minimum absolute atomic E-state index is 0.813. The standard InChI is InChI=1S/C54H35NO2/c1-4-13-36(14-5-1)39-23-25-42(26-24-39)51-53-45-19-10-11-21-48(45)56-50(53)35-46-52-47(20-12-22-49(52)57-54(46)51)55(43-31-27-40(28-32-43)37-15-6-2-7-16-37)44-33-29-41(30-34-44)38-17-8-3-9-18-38/h1-35H. The van der Waals surface area contributed by atoms with E-state index in [0.717, 1.165) is 72.1 Å². The normalized spacial score (nSPS) is 11.5. The van der Waals surface area contributed by atoms with Crippen LogP contribution in [0.15, 0.2) is 221 Å². The summed E-state index contributed by atoms with van der Waals surface area (Å²) in [5.74, 6) is 0. The third-order valence-corrected chi connectivity index (χ3v) is 11.1. The van der Waals surface area contributed by atoms with E-state index in [1.54, 1.807) is 0 Å². The Morgan fingerprint density at radius 3 is 1.32 bits per heavy atom. The molecule has 11 rings (SSSR count). The maximum absolute atomic E-state index is 7.03. The average Bonchev–Trinajstić information content (AvgIpc) is 3.85. The summed E-state index contributed by atoms with van der Waals surface area (Å²) < 4.78 is 13.7. The van der Waals surface area contributed by atoms with Gasteiger partial charge in [0.25, 0.3) is 0 Å². The molecule has 0 spiro atoms. The first-order valence-electron chi connectivity index (χ1n) is 19.3. The summed E-state index contributed by atoms with van der Waals surface area (Å²) >= 11 is 0. The topological polar surface area (TPSA) is 29.5 Å². The number of para-hydroxylation sites is 1. The van der Waals surface area contributed by atoms with Gasteiger partial charge >= 0.3 is 0 Å². The van der Waals surface area contributed by atoms with E-state index in [1.165, 1.54) is 33.4 Å². The highest BCUT2D eigenvalue weighted by Crippen LogP contribution is 2.49. The van der Waals surface area contributed by atoms with Gasteiger partial charge in [0.1, 0.15) is 22.3 Å². The smallest absolute Gasteiger partial charge is 0.144 e. The number of furan rings is 2. The molecule has 0 aliphatic rings. The number of rotatable bonds is 7. The number of benzene rings is 9. The fourth-order valence-electron chi connectivity index (χ4n) is 8.36. The van der Waals surface area contributed by atoms with Gasteiger partial charge in [-0.15, -0.1) is 0 Å². The Bertz CT molecular complexity index is 3100. The van der Waals surface area contributed by atoms with Gasteiger partial charge in [0.15, 0.2) is 0 Å². The molecular weight excluding hydrogens is 695 g/mol. The largest absolute Gasteiger partial charge is 0.456 e. The zero-order valence-corrected chi connectivity index (χ0v) is 31.0. The highest BCUT2D eigenvalue weighted by atomic mass is 16.3. The molecule has 9 aromatic carbocycles. The molecule has 0 atom stereocenters. The molecule has 57 heavy (non-hydrogen) atoms. The zero-order chi connectivity index (χ0) is 37.7. The molecule has 0 N–H and O–H groups in total. The second-order valence-electron chi connectivity index (χ2n) is 14.5. The lowest BCUT2D eigenvalue weighted by Crippen LogP contribution is -2.10. The Balaban J connectivity index is 1.14. The third kappa shape index (κ3) is 5.68. The maximum atomic E-state index is 7.03. The molecule has 0 saturated heterocycles. The summed E-state index contributed by atoms with van der Waals surface area (Å²) in [6.45, 7) is 0. The molecule has 268 valence electrons. The minimum Gasteiger partial charge on any atom is -0.456 e. The minimum atomic E-state index is 0.813. The lowest BCUT2D eigenvalue weighted by molar-refractivity contribution is 0.664. The summed E-state index contributed by atoms with van der Waals surface area (Å²) in [5.41, 5.74) is 15.6. The van der Waals surface area contributed by atoms with Crippen LogP contribution in [-0.4, -0.2) is 0 Å². The van der Waals surface area contributed by atoms with Crippen molar-refractivity contribution in [1.82, 2.24) is 0 Å². The van der Waals surface area contributed by atoms with Crippen LogP contribution in [0, 0.1) is 0 Å². The third-order valence-electron chi connectivity index (χ3n) is 11.1. The van der Waals surface area contributed by atoms with Gasteiger partial charge in [0.05, 0.1) is 11.1 Å². The monoisotopic (exact) mass is 729 g/mol. The lowest BCUT2D eigenvalue weighted by atomic mass is 9.94. The number of anilines is 3. The van der Waals surface area contributed by atoms with Crippen molar-refractivity contribution in [2.45, 2.75) is 0 Å². The molecule has 0 fully saturated rings. The highest BCUT2D eigenvalue weighted by Gasteiger charge is 2.25. The molecule has 0 saturated carbocycles. The van der Waals surface area contributed by atoms with Crippen LogP contribution in [0.3, 0.4) is 0 Å². The quantitative estimate of drug-likeness (QED) is 0.164. The van der Waals surface area contributed by atoms with Crippen LogP contribution >= 0.6 is 0 Å². The molecular formula is C54H35NO2. The maximum Gasteiger partial charge on any atom is 0.144 e. The van der Waals surface area contributed by atoms with Gasteiger partial charge < -0.3 is 13.7 Å². The van der Waals surface area contributed by atoms with Crippen molar-refractivity contribution in [1.29, 1.82) is 0 Å². The van der Waals surface area contributed by atoms with Gasteiger partial charge in [-0.3, -0.25) is 0 Å². The van der Waals surface area contributed by atoms with Crippen molar-refractivity contribution in [2.24, 2.45) is 0 Å². The zero-order valence-electron chi connectivity index (χ0n) is 31.0. The van der Waals surface area contributed by atoms with Crippen molar-refractivity contribution in [3.05, 3.63) is 212 Å². The summed E-state index contributed by atoms with van der Waals surface area (Å²) in [6.07, 6.45) is 0. The molecule has 0 amide bonds. The van der Waals surface area contributed by atoms with Gasteiger partial charge in [0.2, 0.25) is 0 Å². The Morgan fingerprint density at radius 1 is 0.298 bits per heavy atom. The first kappa shape index (κ1) is 32.8. The molecule has 11 aromatic rings. The second-order valence-corrected chi connectivity index (χ2v) is 14.5. The summed E-state index contributed by atoms with van der Waals surface area (Å²) in [6, 6.07) is 74.9. The Morgan fingerprint density at radius 2 is 0.754 bits per heavy atom. The number of hydrogen-bond donors (Lipinski definition) is 0. The van der Waals surface area contributed by atoms with E-state index in [1.807, 2.05) is 12.1 Å². The van der Waals surface area contributed by atoms with Crippen LogP contribution < -0.4 is 4.90 Å². The number of nitrogens with zero attached hydrogens (tertiary/aromatic N) is 1. The first-order chi connectivity index (χ1) is 28.3.